The first kappa shape index (κ1) is 30.2. The molecule has 4 atom stereocenters. The quantitative estimate of drug-likeness (QED) is 0.0800. The Balaban J connectivity index is 1.65. The molecule has 2 aromatic carbocycles. The standard InChI is InChI=1S/C33H45N5O3/c1-2-3-10-27(39)11-6-12-28-25(15-14-24-17-22-8-4-5-9-23(22)18-29(24)28)19-30(38-31-13-7-16-36-31)26(20-32(40)41)21-37-33(34)35/h4-5,7-9,13,16-18,20,25,27-28,30,36,38-39H,2-3,6,10-12,14-15,19,21H2,1H3,(H,40,41)(H4,34,35,37). The Hall–Kier alpha value is -3.78. The molecule has 0 bridgehead atoms. The third kappa shape index (κ3) is 8.60. The van der Waals surface area contributed by atoms with Gasteiger partial charge in [0.05, 0.1) is 18.7 Å². The Bertz CT molecular complexity index is 1330. The van der Waals surface area contributed by atoms with Crippen LogP contribution in [0, 0.1) is 5.92 Å². The number of unbranched alkanes of at least 4 members (excludes halogenated alkanes) is 1. The highest BCUT2D eigenvalue weighted by atomic mass is 16.4. The maximum Gasteiger partial charge on any atom is 0.328 e. The molecule has 41 heavy (non-hydrogen) atoms. The zero-order chi connectivity index (χ0) is 29.2. The highest BCUT2D eigenvalue weighted by Gasteiger charge is 2.33. The van der Waals surface area contributed by atoms with Crippen LogP contribution in [0.4, 0.5) is 5.82 Å². The lowest BCUT2D eigenvalue weighted by molar-refractivity contribution is -0.131. The second-order valence-electron chi connectivity index (χ2n) is 11.3. The van der Waals surface area contributed by atoms with Crippen molar-refractivity contribution in [3.05, 3.63) is 77.5 Å². The number of rotatable bonds is 15. The third-order valence-corrected chi connectivity index (χ3v) is 8.37. The number of guanidine groups is 1. The number of carbonyl (C=O) groups is 1. The van der Waals surface area contributed by atoms with Gasteiger partial charge >= 0.3 is 5.97 Å². The van der Waals surface area contributed by atoms with E-state index in [-0.39, 0.29) is 24.7 Å². The summed E-state index contributed by atoms with van der Waals surface area (Å²) in [6.45, 7) is 2.26. The van der Waals surface area contributed by atoms with Crippen LogP contribution < -0.4 is 16.8 Å². The molecular weight excluding hydrogens is 514 g/mol. The number of fused-ring (bicyclic) bond motifs is 2. The Labute approximate surface area is 242 Å². The first-order valence-corrected chi connectivity index (χ1v) is 14.9. The molecule has 4 rings (SSSR count). The number of anilines is 1. The van der Waals surface area contributed by atoms with Gasteiger partial charge in [0.25, 0.3) is 0 Å². The number of hydrogen-bond acceptors (Lipinski definition) is 4. The van der Waals surface area contributed by atoms with Crippen molar-refractivity contribution in [3.63, 3.8) is 0 Å². The van der Waals surface area contributed by atoms with Crippen molar-refractivity contribution in [1.29, 1.82) is 0 Å². The van der Waals surface area contributed by atoms with E-state index < -0.39 is 5.97 Å². The van der Waals surface area contributed by atoms with Gasteiger partial charge < -0.3 is 32.0 Å². The zero-order valence-electron chi connectivity index (χ0n) is 24.1. The van der Waals surface area contributed by atoms with E-state index in [1.165, 1.54) is 28.0 Å². The van der Waals surface area contributed by atoms with Crippen LogP contribution in [0.2, 0.25) is 0 Å². The molecule has 0 amide bonds. The normalized spacial score (nSPS) is 18.4. The predicted molar refractivity (Wildman–Crippen MR) is 167 cm³/mol. The van der Waals surface area contributed by atoms with Gasteiger partial charge in [0, 0.05) is 12.3 Å². The van der Waals surface area contributed by atoms with Crippen LogP contribution in [-0.2, 0) is 11.2 Å². The fraction of sp³-hybridized carbons (Fsp3) is 0.455. The summed E-state index contributed by atoms with van der Waals surface area (Å²) in [4.78, 5) is 19.2. The van der Waals surface area contributed by atoms with Gasteiger partial charge in [-0.2, -0.15) is 0 Å². The van der Waals surface area contributed by atoms with Crippen molar-refractivity contribution >= 4 is 28.5 Å². The van der Waals surface area contributed by atoms with Gasteiger partial charge in [-0.1, -0.05) is 62.6 Å². The molecule has 0 saturated carbocycles. The van der Waals surface area contributed by atoms with Gasteiger partial charge in [0.1, 0.15) is 5.82 Å². The number of aliphatic carboxylic acids is 1. The average Bonchev–Trinajstić information content (AvgIpc) is 3.46. The van der Waals surface area contributed by atoms with Crippen LogP contribution in [-0.4, -0.2) is 45.8 Å². The number of benzene rings is 2. The molecule has 0 radical (unpaired) electrons. The van der Waals surface area contributed by atoms with Crippen molar-refractivity contribution in [2.24, 2.45) is 22.4 Å². The van der Waals surface area contributed by atoms with Crippen LogP contribution in [0.3, 0.4) is 0 Å². The summed E-state index contributed by atoms with van der Waals surface area (Å²) in [7, 11) is 0. The number of aliphatic imine (C=N–C) groups is 1. The number of aliphatic hydroxyl groups excluding tert-OH is 1. The van der Waals surface area contributed by atoms with Crippen molar-refractivity contribution in [2.75, 3.05) is 11.9 Å². The van der Waals surface area contributed by atoms with E-state index in [1.54, 1.807) is 0 Å². The summed E-state index contributed by atoms with van der Waals surface area (Å²) in [5, 5.41) is 26.3. The van der Waals surface area contributed by atoms with Gasteiger partial charge in [0.2, 0.25) is 0 Å². The first-order valence-electron chi connectivity index (χ1n) is 14.9. The summed E-state index contributed by atoms with van der Waals surface area (Å²) in [5.41, 5.74) is 14.7. The third-order valence-electron chi connectivity index (χ3n) is 8.37. The lowest BCUT2D eigenvalue weighted by atomic mass is 9.69. The highest BCUT2D eigenvalue weighted by molar-refractivity contribution is 5.84. The minimum absolute atomic E-state index is 0.0714. The molecule has 1 aliphatic carbocycles. The van der Waals surface area contributed by atoms with Gasteiger partial charge in [0.15, 0.2) is 5.96 Å². The van der Waals surface area contributed by atoms with Gasteiger partial charge in [-0.25, -0.2) is 9.79 Å². The number of carboxylic acids is 1. The molecule has 0 saturated heterocycles. The average molecular weight is 560 g/mol. The van der Waals surface area contributed by atoms with E-state index in [1.807, 2.05) is 18.3 Å². The summed E-state index contributed by atoms with van der Waals surface area (Å²) in [6, 6.07) is 16.8. The fourth-order valence-electron chi connectivity index (χ4n) is 6.30. The topological polar surface area (TPSA) is 150 Å². The number of nitrogens with one attached hydrogen (secondary N) is 2. The zero-order valence-corrected chi connectivity index (χ0v) is 24.1. The number of aromatic nitrogens is 1. The molecule has 3 aromatic rings. The number of nitrogens with two attached hydrogens (primary N) is 2. The molecule has 0 aliphatic heterocycles. The monoisotopic (exact) mass is 559 g/mol. The van der Waals surface area contributed by atoms with Crippen LogP contribution in [0.15, 0.2) is 71.4 Å². The van der Waals surface area contributed by atoms with Gasteiger partial charge in [-0.05, 0) is 90.0 Å². The number of aryl methyl sites for hydroxylation is 1. The highest BCUT2D eigenvalue weighted by Crippen LogP contribution is 2.44. The fourth-order valence-corrected chi connectivity index (χ4v) is 6.30. The van der Waals surface area contributed by atoms with E-state index in [0.29, 0.717) is 17.4 Å². The van der Waals surface area contributed by atoms with E-state index in [2.05, 4.69) is 58.6 Å². The molecule has 4 unspecified atom stereocenters. The number of H-pyrrole nitrogens is 1. The van der Waals surface area contributed by atoms with E-state index in [9.17, 15) is 15.0 Å². The number of nitrogens with zero attached hydrogens (tertiary/aromatic N) is 1. The molecule has 0 fully saturated rings. The van der Waals surface area contributed by atoms with E-state index >= 15 is 0 Å². The van der Waals surface area contributed by atoms with Crippen molar-refractivity contribution in [3.8, 4) is 0 Å². The van der Waals surface area contributed by atoms with Crippen LogP contribution in [0.25, 0.3) is 10.8 Å². The summed E-state index contributed by atoms with van der Waals surface area (Å²) in [5.74, 6) is 0.318. The number of aliphatic hydroxyl groups is 1. The molecule has 8 N–H and O–H groups in total. The predicted octanol–water partition coefficient (Wildman–Crippen LogP) is 5.69. The molecule has 220 valence electrons. The van der Waals surface area contributed by atoms with E-state index in [4.69, 9.17) is 11.5 Å². The maximum atomic E-state index is 11.8. The number of hydrogen-bond donors (Lipinski definition) is 6. The largest absolute Gasteiger partial charge is 0.478 e. The van der Waals surface area contributed by atoms with Gasteiger partial charge in [-0.3, -0.25) is 0 Å². The number of carboxylic acid groups (broad SMARTS) is 1. The lowest BCUT2D eigenvalue weighted by Crippen LogP contribution is -2.32. The lowest BCUT2D eigenvalue weighted by Gasteiger charge is -2.37. The van der Waals surface area contributed by atoms with Gasteiger partial charge in [-0.15, -0.1) is 0 Å². The summed E-state index contributed by atoms with van der Waals surface area (Å²) < 4.78 is 0. The van der Waals surface area contributed by atoms with Crippen molar-refractivity contribution < 1.29 is 15.0 Å². The second-order valence-corrected chi connectivity index (χ2v) is 11.3. The van der Waals surface area contributed by atoms with Crippen molar-refractivity contribution in [1.82, 2.24) is 4.98 Å². The molecule has 8 nitrogen and oxygen atoms in total. The summed E-state index contributed by atoms with van der Waals surface area (Å²) >= 11 is 0. The van der Waals surface area contributed by atoms with Crippen LogP contribution in [0.5, 0.6) is 0 Å². The Morgan fingerprint density at radius 2 is 1.90 bits per heavy atom. The second kappa shape index (κ2) is 14.7. The summed E-state index contributed by atoms with van der Waals surface area (Å²) in [6.07, 6.45) is 11.2. The SMILES string of the molecule is CCCCC(O)CCCC1c2cc3ccccc3cc2CCC1CC(Nc1ccc[nH]1)C(=CC(=O)O)CN=C(N)N. The molecule has 0 spiro atoms. The Morgan fingerprint density at radius 3 is 2.59 bits per heavy atom. The molecule has 1 aliphatic rings. The maximum absolute atomic E-state index is 11.8. The molecule has 1 heterocycles. The number of aromatic amines is 1. The molecular formula is C33H45N5O3. The smallest absolute Gasteiger partial charge is 0.328 e. The van der Waals surface area contributed by atoms with E-state index in [0.717, 1.165) is 63.6 Å². The Kier molecular flexibility index (Phi) is 10.8. The first-order chi connectivity index (χ1) is 19.8. The molecule has 8 heteroatoms. The minimum atomic E-state index is -1.03. The van der Waals surface area contributed by atoms with Crippen LogP contribution in [0.1, 0.15) is 75.3 Å². The van der Waals surface area contributed by atoms with Crippen LogP contribution >= 0.6 is 0 Å². The van der Waals surface area contributed by atoms with Crippen molar-refractivity contribution in [2.45, 2.75) is 82.8 Å². The Morgan fingerprint density at radius 1 is 1.15 bits per heavy atom. The molecule has 1 aromatic heterocycles. The minimum Gasteiger partial charge on any atom is -0.478 e.